The van der Waals surface area contributed by atoms with Crippen LogP contribution in [0.3, 0.4) is 0 Å². The summed E-state index contributed by atoms with van der Waals surface area (Å²) in [5.41, 5.74) is 3.13. The summed E-state index contributed by atoms with van der Waals surface area (Å²) < 4.78 is 5.59. The van der Waals surface area contributed by atoms with E-state index in [1.165, 1.54) is 11.6 Å². The number of pyridine rings is 1. The molecule has 3 rings (SSSR count). The van der Waals surface area contributed by atoms with Crippen LogP contribution >= 0.6 is 0 Å². The Hall–Kier alpha value is -2.50. The van der Waals surface area contributed by atoms with Gasteiger partial charge < -0.3 is 10.1 Å². The van der Waals surface area contributed by atoms with Gasteiger partial charge in [0.15, 0.2) is 0 Å². The van der Waals surface area contributed by atoms with Crippen LogP contribution in [0.5, 0.6) is 0 Å². The Morgan fingerprint density at radius 1 is 1.31 bits per heavy atom. The van der Waals surface area contributed by atoms with Gasteiger partial charge >= 0.3 is 0 Å². The average Bonchev–Trinajstić information content (AvgIpc) is 2.66. The zero-order chi connectivity index (χ0) is 18.2. The second kappa shape index (κ2) is 9.27. The Bertz CT molecular complexity index is 746. The molecular formula is C21H25N3O2. The summed E-state index contributed by atoms with van der Waals surface area (Å²) in [6, 6.07) is 14.0. The van der Waals surface area contributed by atoms with Crippen LogP contribution in [0.2, 0.25) is 0 Å². The molecule has 1 N–H and O–H groups in total. The SMILES string of the molecule is CC1CN(Cc2cccc(CNC(=O)C=Cc3ccccn3)c2)CCO1. The Labute approximate surface area is 154 Å². The topological polar surface area (TPSA) is 54.5 Å². The number of carbonyl (C=O) groups is 1. The van der Waals surface area contributed by atoms with E-state index in [0.29, 0.717) is 6.54 Å². The van der Waals surface area contributed by atoms with Crippen molar-refractivity contribution in [3.8, 4) is 0 Å². The number of nitrogens with zero attached hydrogens (tertiary/aromatic N) is 2. The van der Waals surface area contributed by atoms with E-state index in [9.17, 15) is 4.79 Å². The fourth-order valence-electron chi connectivity index (χ4n) is 3.01. The summed E-state index contributed by atoms with van der Waals surface area (Å²) in [5.74, 6) is -0.122. The lowest BCUT2D eigenvalue weighted by Crippen LogP contribution is -2.40. The molecule has 1 fully saturated rings. The standard InChI is InChI=1S/C21H25N3O2/c1-17-15-24(11-12-26-17)16-19-6-4-5-18(13-19)14-23-21(25)9-8-20-7-2-3-10-22-20/h2-10,13,17H,11-12,14-16H2,1H3,(H,23,25). The van der Waals surface area contributed by atoms with Crippen LogP contribution in [0.15, 0.2) is 54.7 Å². The van der Waals surface area contributed by atoms with E-state index >= 15 is 0 Å². The molecule has 0 spiro atoms. The predicted octanol–water partition coefficient (Wildman–Crippen LogP) is 2.63. The first-order valence-electron chi connectivity index (χ1n) is 8.98. The monoisotopic (exact) mass is 351 g/mol. The Balaban J connectivity index is 1.50. The van der Waals surface area contributed by atoms with Crippen LogP contribution < -0.4 is 5.32 Å². The summed E-state index contributed by atoms with van der Waals surface area (Å²) in [7, 11) is 0. The van der Waals surface area contributed by atoms with Crippen molar-refractivity contribution in [3.63, 3.8) is 0 Å². The normalized spacial score (nSPS) is 18.1. The third-order valence-electron chi connectivity index (χ3n) is 4.28. The van der Waals surface area contributed by atoms with E-state index < -0.39 is 0 Å². The molecule has 136 valence electrons. The lowest BCUT2D eigenvalue weighted by molar-refractivity contribution is -0.116. The average molecular weight is 351 g/mol. The summed E-state index contributed by atoms with van der Waals surface area (Å²) in [6.07, 6.45) is 5.22. The van der Waals surface area contributed by atoms with Crippen LogP contribution in [-0.2, 0) is 22.6 Å². The van der Waals surface area contributed by atoms with E-state index in [4.69, 9.17) is 4.74 Å². The van der Waals surface area contributed by atoms with Crippen LogP contribution in [0.4, 0.5) is 0 Å². The molecule has 1 atom stereocenters. The highest BCUT2D eigenvalue weighted by Crippen LogP contribution is 2.12. The van der Waals surface area contributed by atoms with Crippen LogP contribution in [-0.4, -0.2) is 41.6 Å². The van der Waals surface area contributed by atoms with E-state index in [0.717, 1.165) is 37.5 Å². The second-order valence-electron chi connectivity index (χ2n) is 6.54. The van der Waals surface area contributed by atoms with E-state index in [2.05, 4.69) is 34.3 Å². The molecule has 1 aromatic heterocycles. The number of ether oxygens (including phenoxy) is 1. The maximum Gasteiger partial charge on any atom is 0.244 e. The third kappa shape index (κ3) is 5.79. The summed E-state index contributed by atoms with van der Waals surface area (Å²) in [5, 5.41) is 2.92. The summed E-state index contributed by atoms with van der Waals surface area (Å²) in [6.45, 7) is 6.24. The fraction of sp³-hybridized carbons (Fsp3) is 0.333. The molecule has 5 heteroatoms. The first kappa shape index (κ1) is 18.3. The van der Waals surface area contributed by atoms with Crippen LogP contribution in [0, 0.1) is 0 Å². The number of morpholine rings is 1. The largest absolute Gasteiger partial charge is 0.376 e. The lowest BCUT2D eigenvalue weighted by atomic mass is 10.1. The highest BCUT2D eigenvalue weighted by molar-refractivity contribution is 5.91. The molecule has 0 radical (unpaired) electrons. The minimum atomic E-state index is -0.122. The highest BCUT2D eigenvalue weighted by atomic mass is 16.5. The van der Waals surface area contributed by atoms with Crippen molar-refractivity contribution in [2.45, 2.75) is 26.1 Å². The van der Waals surface area contributed by atoms with Gasteiger partial charge in [-0.3, -0.25) is 14.7 Å². The summed E-state index contributed by atoms with van der Waals surface area (Å²) >= 11 is 0. The molecule has 1 aliphatic heterocycles. The zero-order valence-corrected chi connectivity index (χ0v) is 15.1. The Morgan fingerprint density at radius 3 is 3.00 bits per heavy atom. The number of aromatic nitrogens is 1. The smallest absolute Gasteiger partial charge is 0.244 e. The molecule has 0 aliphatic carbocycles. The number of nitrogens with one attached hydrogen (secondary N) is 1. The molecule has 1 saturated heterocycles. The van der Waals surface area contributed by atoms with Crippen molar-refractivity contribution in [2.24, 2.45) is 0 Å². The highest BCUT2D eigenvalue weighted by Gasteiger charge is 2.16. The van der Waals surface area contributed by atoms with Crippen molar-refractivity contribution in [1.29, 1.82) is 0 Å². The molecule has 26 heavy (non-hydrogen) atoms. The van der Waals surface area contributed by atoms with E-state index in [1.807, 2.05) is 30.3 Å². The van der Waals surface area contributed by atoms with Gasteiger partial charge in [0.25, 0.3) is 0 Å². The maximum atomic E-state index is 12.0. The molecule has 1 amide bonds. The van der Waals surface area contributed by atoms with Crippen molar-refractivity contribution < 1.29 is 9.53 Å². The van der Waals surface area contributed by atoms with Gasteiger partial charge in [-0.15, -0.1) is 0 Å². The number of benzene rings is 1. The van der Waals surface area contributed by atoms with Crippen molar-refractivity contribution in [1.82, 2.24) is 15.2 Å². The Morgan fingerprint density at radius 2 is 2.19 bits per heavy atom. The van der Waals surface area contributed by atoms with Crippen molar-refractivity contribution in [2.75, 3.05) is 19.7 Å². The molecular weight excluding hydrogens is 326 g/mol. The van der Waals surface area contributed by atoms with Gasteiger partial charge in [0.2, 0.25) is 5.91 Å². The number of amides is 1. The van der Waals surface area contributed by atoms with Gasteiger partial charge in [0.05, 0.1) is 18.4 Å². The van der Waals surface area contributed by atoms with Crippen LogP contribution in [0.1, 0.15) is 23.7 Å². The number of rotatable bonds is 6. The second-order valence-corrected chi connectivity index (χ2v) is 6.54. The van der Waals surface area contributed by atoms with E-state index in [-0.39, 0.29) is 12.0 Å². The molecule has 1 aromatic carbocycles. The van der Waals surface area contributed by atoms with Gasteiger partial charge in [0, 0.05) is 38.5 Å². The van der Waals surface area contributed by atoms with Crippen LogP contribution in [0.25, 0.3) is 6.08 Å². The molecule has 0 saturated carbocycles. The Kier molecular flexibility index (Phi) is 6.52. The molecule has 1 aliphatic rings. The lowest BCUT2D eigenvalue weighted by Gasteiger charge is -2.31. The maximum absolute atomic E-state index is 12.0. The van der Waals surface area contributed by atoms with Gasteiger partial charge in [-0.2, -0.15) is 0 Å². The van der Waals surface area contributed by atoms with Gasteiger partial charge in [-0.1, -0.05) is 30.3 Å². The minimum Gasteiger partial charge on any atom is -0.376 e. The molecule has 2 aromatic rings. The number of carbonyl (C=O) groups excluding carboxylic acids is 1. The molecule has 0 bridgehead atoms. The quantitative estimate of drug-likeness (QED) is 0.813. The number of hydrogen-bond donors (Lipinski definition) is 1. The first-order valence-corrected chi connectivity index (χ1v) is 8.98. The fourth-order valence-corrected chi connectivity index (χ4v) is 3.01. The molecule has 5 nitrogen and oxygen atoms in total. The van der Waals surface area contributed by atoms with Gasteiger partial charge in [-0.25, -0.2) is 0 Å². The summed E-state index contributed by atoms with van der Waals surface area (Å²) in [4.78, 5) is 18.5. The van der Waals surface area contributed by atoms with E-state index in [1.54, 1.807) is 12.3 Å². The zero-order valence-electron chi connectivity index (χ0n) is 15.1. The van der Waals surface area contributed by atoms with Gasteiger partial charge in [-0.05, 0) is 36.3 Å². The van der Waals surface area contributed by atoms with Crippen molar-refractivity contribution >= 4 is 12.0 Å². The molecule has 2 heterocycles. The van der Waals surface area contributed by atoms with Crippen molar-refractivity contribution in [3.05, 3.63) is 71.6 Å². The van der Waals surface area contributed by atoms with Gasteiger partial charge in [0.1, 0.15) is 0 Å². The third-order valence-corrected chi connectivity index (χ3v) is 4.28. The molecule has 1 unspecified atom stereocenters. The first-order chi connectivity index (χ1) is 12.7. The number of hydrogen-bond acceptors (Lipinski definition) is 4. The predicted molar refractivity (Wildman–Crippen MR) is 102 cm³/mol. The minimum absolute atomic E-state index is 0.122.